The normalized spacial score (nSPS) is 10.8. The molecule has 184 valence electrons. The van der Waals surface area contributed by atoms with E-state index in [9.17, 15) is 14.4 Å². The fraction of sp³-hybridized carbons (Fsp3) is 0.214. The van der Waals surface area contributed by atoms with Gasteiger partial charge in [0.05, 0.1) is 34.6 Å². The van der Waals surface area contributed by atoms with Crippen LogP contribution in [0, 0.1) is 20.8 Å². The Kier molecular flexibility index (Phi) is 6.87. The zero-order valence-corrected chi connectivity index (χ0v) is 20.8. The van der Waals surface area contributed by atoms with E-state index in [0.717, 1.165) is 22.2 Å². The summed E-state index contributed by atoms with van der Waals surface area (Å²) in [6, 6.07) is 14.0. The molecule has 0 fully saturated rings. The van der Waals surface area contributed by atoms with Gasteiger partial charge in [-0.15, -0.1) is 0 Å². The van der Waals surface area contributed by atoms with Crippen LogP contribution in [-0.2, 0) is 9.53 Å². The molecule has 4 aromatic rings. The predicted molar refractivity (Wildman–Crippen MR) is 137 cm³/mol. The van der Waals surface area contributed by atoms with Crippen LogP contribution in [-0.4, -0.2) is 34.0 Å². The van der Waals surface area contributed by atoms with E-state index in [1.807, 2.05) is 30.5 Å². The van der Waals surface area contributed by atoms with Crippen molar-refractivity contribution in [2.45, 2.75) is 34.6 Å². The van der Waals surface area contributed by atoms with Gasteiger partial charge in [0.2, 0.25) is 0 Å². The summed E-state index contributed by atoms with van der Waals surface area (Å²) in [5.41, 5.74) is 6.11. The first-order valence-electron chi connectivity index (χ1n) is 11.5. The van der Waals surface area contributed by atoms with Crippen LogP contribution in [0.1, 0.15) is 51.3 Å². The molecule has 1 N–H and O–H groups in total. The summed E-state index contributed by atoms with van der Waals surface area (Å²) in [6.45, 7) is 9.03. The van der Waals surface area contributed by atoms with E-state index >= 15 is 0 Å². The molecule has 1 amide bonds. The number of benzene rings is 3. The summed E-state index contributed by atoms with van der Waals surface area (Å²) >= 11 is 0. The van der Waals surface area contributed by atoms with Crippen molar-refractivity contribution >= 4 is 34.6 Å². The fourth-order valence-electron chi connectivity index (χ4n) is 3.96. The maximum atomic E-state index is 13.4. The first kappa shape index (κ1) is 24.7. The minimum atomic E-state index is -0.491. The highest BCUT2D eigenvalue weighted by molar-refractivity contribution is 6.07. The molecule has 0 radical (unpaired) electrons. The van der Waals surface area contributed by atoms with Crippen LogP contribution in [0.3, 0.4) is 0 Å². The van der Waals surface area contributed by atoms with Gasteiger partial charge in [-0.3, -0.25) is 14.2 Å². The Morgan fingerprint density at radius 3 is 2.47 bits per heavy atom. The molecule has 0 bridgehead atoms. The summed E-state index contributed by atoms with van der Waals surface area (Å²) in [5.74, 6) is -1.07. The molecular formula is C28H27N3O5. The predicted octanol–water partition coefficient (Wildman–Crippen LogP) is 5.31. The number of aromatic nitrogens is 2. The van der Waals surface area contributed by atoms with Crippen molar-refractivity contribution in [1.82, 2.24) is 9.55 Å². The smallest absolute Gasteiger partial charge is 0.338 e. The van der Waals surface area contributed by atoms with Gasteiger partial charge < -0.3 is 14.8 Å². The molecule has 0 aliphatic heterocycles. The molecule has 4 rings (SSSR count). The van der Waals surface area contributed by atoms with Crippen molar-refractivity contribution < 1.29 is 23.9 Å². The third kappa shape index (κ3) is 4.84. The number of carbonyl (C=O) groups is 3. The van der Waals surface area contributed by atoms with Gasteiger partial charge in [0.1, 0.15) is 12.1 Å². The molecule has 0 atom stereocenters. The highest BCUT2D eigenvalue weighted by Crippen LogP contribution is 2.29. The number of hydrogen-bond donors (Lipinski definition) is 1. The number of amides is 1. The molecule has 8 nitrogen and oxygen atoms in total. The van der Waals surface area contributed by atoms with E-state index in [4.69, 9.17) is 9.47 Å². The second kappa shape index (κ2) is 10.0. The molecule has 0 spiro atoms. The maximum Gasteiger partial charge on any atom is 0.338 e. The van der Waals surface area contributed by atoms with Crippen molar-refractivity contribution in [3.05, 3.63) is 82.7 Å². The topological polar surface area (TPSA) is 99.5 Å². The van der Waals surface area contributed by atoms with E-state index in [2.05, 4.69) is 10.3 Å². The monoisotopic (exact) mass is 485 g/mol. The number of nitrogens with zero attached hydrogens (tertiary/aromatic N) is 2. The number of rotatable bonds is 6. The van der Waals surface area contributed by atoms with Crippen LogP contribution in [0.4, 0.5) is 5.69 Å². The number of ether oxygens (including phenoxy) is 2. The van der Waals surface area contributed by atoms with Gasteiger partial charge in [-0.1, -0.05) is 6.07 Å². The standard InChI is InChI=1S/C28H27N3O5/c1-6-35-28(34)20-10-11-24(31-15-29-22-12-16(2)17(3)13-25(22)31)23(14-20)30-27(33)21-8-7-9-26(18(21)4)36-19(5)32/h7-15H,6H2,1-5H3,(H,30,33). The zero-order valence-electron chi connectivity index (χ0n) is 20.8. The van der Waals surface area contributed by atoms with Gasteiger partial charge in [-0.05, 0) is 81.3 Å². The second-order valence-corrected chi connectivity index (χ2v) is 8.47. The summed E-state index contributed by atoms with van der Waals surface area (Å²) < 4.78 is 12.2. The van der Waals surface area contributed by atoms with Crippen LogP contribution in [0.5, 0.6) is 5.75 Å². The lowest BCUT2D eigenvalue weighted by Gasteiger charge is -2.16. The summed E-state index contributed by atoms with van der Waals surface area (Å²) in [6.07, 6.45) is 1.69. The number of carbonyl (C=O) groups excluding carboxylic acids is 3. The van der Waals surface area contributed by atoms with E-state index in [0.29, 0.717) is 33.8 Å². The molecular weight excluding hydrogens is 458 g/mol. The Hall–Kier alpha value is -4.46. The maximum absolute atomic E-state index is 13.4. The van der Waals surface area contributed by atoms with Crippen LogP contribution in [0.15, 0.2) is 54.9 Å². The Morgan fingerprint density at radius 2 is 1.75 bits per heavy atom. The number of aryl methyl sites for hydroxylation is 2. The zero-order chi connectivity index (χ0) is 26.0. The molecule has 36 heavy (non-hydrogen) atoms. The Bertz CT molecular complexity index is 1500. The van der Waals surface area contributed by atoms with Gasteiger partial charge in [0.15, 0.2) is 0 Å². The first-order chi connectivity index (χ1) is 17.2. The molecule has 0 aliphatic carbocycles. The van der Waals surface area contributed by atoms with Gasteiger partial charge in [-0.2, -0.15) is 0 Å². The lowest BCUT2D eigenvalue weighted by Crippen LogP contribution is -2.17. The molecule has 1 heterocycles. The molecule has 0 saturated carbocycles. The minimum Gasteiger partial charge on any atom is -0.462 e. The number of nitrogens with one attached hydrogen (secondary N) is 1. The number of anilines is 1. The third-order valence-electron chi connectivity index (χ3n) is 5.96. The largest absolute Gasteiger partial charge is 0.462 e. The molecule has 8 heteroatoms. The second-order valence-electron chi connectivity index (χ2n) is 8.47. The van der Waals surface area contributed by atoms with Crippen molar-refractivity contribution in [2.75, 3.05) is 11.9 Å². The molecule has 0 aliphatic rings. The highest BCUT2D eigenvalue weighted by atomic mass is 16.5. The number of hydrogen-bond acceptors (Lipinski definition) is 6. The summed E-state index contributed by atoms with van der Waals surface area (Å²) in [4.78, 5) is 41.8. The van der Waals surface area contributed by atoms with Crippen molar-refractivity contribution in [1.29, 1.82) is 0 Å². The van der Waals surface area contributed by atoms with Crippen molar-refractivity contribution in [3.8, 4) is 11.4 Å². The van der Waals surface area contributed by atoms with Gasteiger partial charge in [0, 0.05) is 18.1 Å². The Morgan fingerprint density at radius 1 is 1.00 bits per heavy atom. The van der Waals surface area contributed by atoms with Gasteiger partial charge >= 0.3 is 11.9 Å². The Balaban J connectivity index is 1.81. The highest BCUT2D eigenvalue weighted by Gasteiger charge is 2.19. The van der Waals surface area contributed by atoms with Crippen LogP contribution in [0.25, 0.3) is 16.7 Å². The average Bonchev–Trinajstić information content (AvgIpc) is 3.22. The molecule has 0 unspecified atom stereocenters. The van der Waals surface area contributed by atoms with Crippen molar-refractivity contribution in [2.24, 2.45) is 0 Å². The molecule has 3 aromatic carbocycles. The van der Waals surface area contributed by atoms with Crippen molar-refractivity contribution in [3.63, 3.8) is 0 Å². The Labute approximate surface area is 208 Å². The van der Waals surface area contributed by atoms with Gasteiger partial charge in [-0.25, -0.2) is 9.78 Å². The average molecular weight is 486 g/mol. The van der Waals surface area contributed by atoms with E-state index < -0.39 is 17.8 Å². The fourth-order valence-corrected chi connectivity index (χ4v) is 3.96. The summed E-state index contributed by atoms with van der Waals surface area (Å²) in [5, 5.41) is 2.93. The molecule has 0 saturated heterocycles. The van der Waals surface area contributed by atoms with E-state index in [1.165, 1.54) is 6.92 Å². The number of esters is 2. The van der Waals surface area contributed by atoms with Crippen LogP contribution in [0.2, 0.25) is 0 Å². The minimum absolute atomic E-state index is 0.231. The van der Waals surface area contributed by atoms with E-state index in [-0.39, 0.29) is 6.61 Å². The van der Waals surface area contributed by atoms with Crippen LogP contribution < -0.4 is 10.1 Å². The number of imidazole rings is 1. The SMILES string of the molecule is CCOC(=O)c1ccc(-n2cnc3cc(C)c(C)cc32)c(NC(=O)c2cccc(OC(C)=O)c2C)c1. The van der Waals surface area contributed by atoms with Gasteiger partial charge in [0.25, 0.3) is 5.91 Å². The lowest BCUT2D eigenvalue weighted by molar-refractivity contribution is -0.131. The summed E-state index contributed by atoms with van der Waals surface area (Å²) in [7, 11) is 0. The quantitative estimate of drug-likeness (QED) is 0.294. The number of fused-ring (bicyclic) bond motifs is 1. The molecule has 1 aromatic heterocycles. The van der Waals surface area contributed by atoms with E-state index in [1.54, 1.807) is 56.6 Å². The van der Waals surface area contributed by atoms with Crippen LogP contribution >= 0.6 is 0 Å². The first-order valence-corrected chi connectivity index (χ1v) is 11.5. The third-order valence-corrected chi connectivity index (χ3v) is 5.96. The lowest BCUT2D eigenvalue weighted by atomic mass is 10.1.